The number of carbonyl (C=O) groups excluding carboxylic acids is 2. The van der Waals surface area contributed by atoms with Crippen LogP contribution in [0.3, 0.4) is 0 Å². The molecule has 1 aromatic carbocycles. The number of amides is 2. The molecule has 1 saturated carbocycles. The summed E-state index contributed by atoms with van der Waals surface area (Å²) in [6, 6.07) is 8.16. The summed E-state index contributed by atoms with van der Waals surface area (Å²) in [6.07, 6.45) is 6.84. The Bertz CT molecular complexity index is 573. The molecule has 0 spiro atoms. The summed E-state index contributed by atoms with van der Waals surface area (Å²) >= 11 is 0. The van der Waals surface area contributed by atoms with Crippen LogP contribution in [0.5, 0.6) is 0 Å². The smallest absolute Gasteiger partial charge is 0.235 e. The molecule has 1 aliphatic carbocycles. The molecule has 0 radical (unpaired) electrons. The SMILES string of the molecule is Cc1ccccc1CNC(=O)C(C)(C)C(=O)NC1CCCCCC1. The van der Waals surface area contributed by atoms with Crippen molar-refractivity contribution in [2.75, 3.05) is 0 Å². The zero-order valence-corrected chi connectivity index (χ0v) is 15.2. The highest BCUT2D eigenvalue weighted by molar-refractivity contribution is 6.04. The Balaban J connectivity index is 1.91. The van der Waals surface area contributed by atoms with E-state index in [1.165, 1.54) is 12.8 Å². The van der Waals surface area contributed by atoms with Gasteiger partial charge in [-0.15, -0.1) is 0 Å². The maximum Gasteiger partial charge on any atom is 0.235 e. The third-order valence-corrected chi connectivity index (χ3v) is 5.03. The number of rotatable bonds is 5. The molecular weight excluding hydrogens is 300 g/mol. The van der Waals surface area contributed by atoms with Gasteiger partial charge in [-0.1, -0.05) is 49.9 Å². The molecule has 1 fully saturated rings. The van der Waals surface area contributed by atoms with Crippen LogP contribution in [0.2, 0.25) is 0 Å². The Morgan fingerprint density at radius 2 is 1.67 bits per heavy atom. The molecule has 0 bridgehead atoms. The molecule has 1 aromatic rings. The molecule has 1 aliphatic rings. The van der Waals surface area contributed by atoms with Crippen LogP contribution in [0.25, 0.3) is 0 Å². The van der Waals surface area contributed by atoms with Gasteiger partial charge in [-0.05, 0) is 44.7 Å². The van der Waals surface area contributed by atoms with Gasteiger partial charge >= 0.3 is 0 Å². The predicted molar refractivity (Wildman–Crippen MR) is 96.4 cm³/mol. The first-order valence-electron chi connectivity index (χ1n) is 9.05. The Morgan fingerprint density at radius 1 is 1.04 bits per heavy atom. The highest BCUT2D eigenvalue weighted by Crippen LogP contribution is 2.21. The molecule has 0 atom stereocenters. The lowest BCUT2D eigenvalue weighted by molar-refractivity contribution is -0.141. The van der Waals surface area contributed by atoms with E-state index < -0.39 is 5.41 Å². The quantitative estimate of drug-likeness (QED) is 0.641. The zero-order valence-electron chi connectivity index (χ0n) is 15.2. The molecular formula is C20H30N2O2. The number of carbonyl (C=O) groups is 2. The second kappa shape index (κ2) is 8.32. The van der Waals surface area contributed by atoms with E-state index in [1.807, 2.05) is 31.2 Å². The lowest BCUT2D eigenvalue weighted by atomic mass is 9.90. The minimum atomic E-state index is -1.06. The fourth-order valence-electron chi connectivity index (χ4n) is 3.10. The predicted octanol–water partition coefficient (Wildman–Crippen LogP) is 3.48. The Kier molecular flexibility index (Phi) is 6.41. The second-order valence-electron chi connectivity index (χ2n) is 7.40. The summed E-state index contributed by atoms with van der Waals surface area (Å²) in [5.41, 5.74) is 1.15. The number of hydrogen-bond donors (Lipinski definition) is 2. The van der Waals surface area contributed by atoms with E-state index >= 15 is 0 Å². The van der Waals surface area contributed by atoms with Crippen molar-refractivity contribution in [3.63, 3.8) is 0 Å². The van der Waals surface area contributed by atoms with E-state index in [0.717, 1.165) is 36.8 Å². The van der Waals surface area contributed by atoms with Crippen LogP contribution in [-0.2, 0) is 16.1 Å². The average Bonchev–Trinajstić information content (AvgIpc) is 2.82. The molecule has 0 saturated heterocycles. The molecule has 4 nitrogen and oxygen atoms in total. The zero-order chi connectivity index (χ0) is 17.6. The van der Waals surface area contributed by atoms with E-state index in [0.29, 0.717) is 6.54 Å². The molecule has 2 amide bonds. The molecule has 2 N–H and O–H groups in total. The number of nitrogens with one attached hydrogen (secondary N) is 2. The van der Waals surface area contributed by atoms with Gasteiger partial charge < -0.3 is 10.6 Å². The first-order chi connectivity index (χ1) is 11.4. The molecule has 2 rings (SSSR count). The van der Waals surface area contributed by atoms with Gasteiger partial charge in [0.05, 0.1) is 0 Å². The van der Waals surface area contributed by atoms with Crippen LogP contribution in [0.4, 0.5) is 0 Å². The Morgan fingerprint density at radius 3 is 2.29 bits per heavy atom. The van der Waals surface area contributed by atoms with Crippen molar-refractivity contribution < 1.29 is 9.59 Å². The van der Waals surface area contributed by atoms with Crippen molar-refractivity contribution in [3.8, 4) is 0 Å². The molecule has 0 aromatic heterocycles. The molecule has 4 heteroatoms. The highest BCUT2D eigenvalue weighted by atomic mass is 16.2. The van der Waals surface area contributed by atoms with E-state index in [1.54, 1.807) is 13.8 Å². The van der Waals surface area contributed by atoms with Gasteiger partial charge in [0.1, 0.15) is 5.41 Å². The topological polar surface area (TPSA) is 58.2 Å². The van der Waals surface area contributed by atoms with Crippen LogP contribution in [-0.4, -0.2) is 17.9 Å². The van der Waals surface area contributed by atoms with E-state index in [9.17, 15) is 9.59 Å². The van der Waals surface area contributed by atoms with E-state index in [-0.39, 0.29) is 17.9 Å². The normalized spacial score (nSPS) is 16.3. The molecule has 132 valence electrons. The van der Waals surface area contributed by atoms with Crippen molar-refractivity contribution in [3.05, 3.63) is 35.4 Å². The number of hydrogen-bond acceptors (Lipinski definition) is 2. The van der Waals surface area contributed by atoms with Gasteiger partial charge in [-0.25, -0.2) is 0 Å². The Labute approximate surface area is 145 Å². The van der Waals surface area contributed by atoms with Crippen LogP contribution in [0.1, 0.15) is 63.5 Å². The van der Waals surface area contributed by atoms with Crippen molar-refractivity contribution in [1.29, 1.82) is 0 Å². The van der Waals surface area contributed by atoms with Gasteiger partial charge in [0.2, 0.25) is 11.8 Å². The minimum Gasteiger partial charge on any atom is -0.352 e. The van der Waals surface area contributed by atoms with Crippen molar-refractivity contribution in [1.82, 2.24) is 10.6 Å². The van der Waals surface area contributed by atoms with Gasteiger partial charge in [0, 0.05) is 12.6 Å². The summed E-state index contributed by atoms with van der Waals surface area (Å²) in [5, 5.41) is 6.00. The van der Waals surface area contributed by atoms with Gasteiger partial charge in [-0.2, -0.15) is 0 Å². The lowest BCUT2D eigenvalue weighted by Crippen LogP contribution is -2.50. The minimum absolute atomic E-state index is 0.170. The first-order valence-corrected chi connectivity index (χ1v) is 9.05. The lowest BCUT2D eigenvalue weighted by Gasteiger charge is -2.26. The van der Waals surface area contributed by atoms with E-state index in [2.05, 4.69) is 10.6 Å². The summed E-state index contributed by atoms with van der Waals surface area (Å²) < 4.78 is 0. The summed E-state index contributed by atoms with van der Waals surface area (Å²) in [4.78, 5) is 25.1. The maximum absolute atomic E-state index is 12.6. The maximum atomic E-state index is 12.6. The van der Waals surface area contributed by atoms with Crippen LogP contribution in [0.15, 0.2) is 24.3 Å². The van der Waals surface area contributed by atoms with Crippen LogP contribution in [0, 0.1) is 12.3 Å². The van der Waals surface area contributed by atoms with E-state index in [4.69, 9.17) is 0 Å². The molecule has 0 unspecified atom stereocenters. The fourth-order valence-corrected chi connectivity index (χ4v) is 3.10. The number of aryl methyl sites for hydroxylation is 1. The standard InChI is InChI=1S/C20H30N2O2/c1-15-10-8-9-11-16(15)14-21-18(23)20(2,3)19(24)22-17-12-6-4-5-7-13-17/h8-11,17H,4-7,12-14H2,1-3H3,(H,21,23)(H,22,24). The molecule has 24 heavy (non-hydrogen) atoms. The summed E-state index contributed by atoms with van der Waals surface area (Å²) in [6.45, 7) is 5.87. The summed E-state index contributed by atoms with van der Waals surface area (Å²) in [7, 11) is 0. The number of benzene rings is 1. The monoisotopic (exact) mass is 330 g/mol. The largest absolute Gasteiger partial charge is 0.352 e. The van der Waals surface area contributed by atoms with Crippen molar-refractivity contribution in [2.45, 2.75) is 71.9 Å². The third kappa shape index (κ3) is 4.83. The third-order valence-electron chi connectivity index (χ3n) is 5.03. The van der Waals surface area contributed by atoms with Crippen LogP contribution >= 0.6 is 0 Å². The summed E-state index contributed by atoms with van der Waals surface area (Å²) in [5.74, 6) is -0.395. The van der Waals surface area contributed by atoms with Gasteiger partial charge in [0.25, 0.3) is 0 Å². The van der Waals surface area contributed by atoms with Crippen molar-refractivity contribution >= 4 is 11.8 Å². The van der Waals surface area contributed by atoms with Crippen LogP contribution < -0.4 is 10.6 Å². The average molecular weight is 330 g/mol. The van der Waals surface area contributed by atoms with Gasteiger partial charge in [0.15, 0.2) is 0 Å². The van der Waals surface area contributed by atoms with Crippen molar-refractivity contribution in [2.24, 2.45) is 5.41 Å². The highest BCUT2D eigenvalue weighted by Gasteiger charge is 2.36. The second-order valence-corrected chi connectivity index (χ2v) is 7.40. The fraction of sp³-hybridized carbons (Fsp3) is 0.600. The first kappa shape index (κ1) is 18.5. The Hall–Kier alpha value is -1.84. The van der Waals surface area contributed by atoms with Gasteiger partial charge in [-0.3, -0.25) is 9.59 Å². The molecule has 0 aliphatic heterocycles. The molecule has 0 heterocycles.